The normalized spacial score (nSPS) is 12.6. The van der Waals surface area contributed by atoms with Gasteiger partial charge in [-0.15, -0.1) is 11.6 Å². The van der Waals surface area contributed by atoms with Crippen molar-refractivity contribution < 1.29 is 9.18 Å². The van der Waals surface area contributed by atoms with E-state index in [-0.39, 0.29) is 17.2 Å². The third-order valence-electron chi connectivity index (χ3n) is 3.38. The third-order valence-corrected chi connectivity index (χ3v) is 3.57. The predicted molar refractivity (Wildman–Crippen MR) is 82.1 cm³/mol. The highest BCUT2D eigenvalue weighted by atomic mass is 35.5. The summed E-state index contributed by atoms with van der Waals surface area (Å²) in [6.45, 7) is 4.40. The van der Waals surface area contributed by atoms with Crippen molar-refractivity contribution in [2.45, 2.75) is 32.7 Å². The van der Waals surface area contributed by atoms with Crippen LogP contribution in [-0.4, -0.2) is 27.9 Å². The van der Waals surface area contributed by atoms with Crippen LogP contribution < -0.4 is 5.32 Å². The number of imidazole rings is 1. The van der Waals surface area contributed by atoms with Gasteiger partial charge in [0.2, 0.25) is 5.91 Å². The van der Waals surface area contributed by atoms with E-state index in [2.05, 4.69) is 10.3 Å². The average molecular weight is 312 g/mol. The number of amides is 1. The van der Waals surface area contributed by atoms with Crippen molar-refractivity contribution in [1.82, 2.24) is 14.9 Å². The molecule has 0 radical (unpaired) electrons. The van der Waals surface area contributed by atoms with Gasteiger partial charge in [0.05, 0.1) is 5.52 Å². The van der Waals surface area contributed by atoms with E-state index >= 15 is 0 Å². The molecule has 0 aliphatic rings. The molecule has 0 saturated heterocycles. The summed E-state index contributed by atoms with van der Waals surface area (Å²) < 4.78 is 15.6. The Morgan fingerprint density at radius 2 is 2.29 bits per heavy atom. The van der Waals surface area contributed by atoms with Crippen LogP contribution in [0, 0.1) is 5.82 Å². The molecule has 114 valence electrons. The molecule has 6 heteroatoms. The molecule has 0 fully saturated rings. The lowest BCUT2D eigenvalue weighted by Crippen LogP contribution is -2.32. The van der Waals surface area contributed by atoms with Crippen LogP contribution in [-0.2, 0) is 11.2 Å². The van der Waals surface area contributed by atoms with Gasteiger partial charge in [0.25, 0.3) is 0 Å². The topological polar surface area (TPSA) is 46.9 Å². The Labute approximate surface area is 128 Å². The van der Waals surface area contributed by atoms with Gasteiger partial charge in [-0.3, -0.25) is 4.79 Å². The van der Waals surface area contributed by atoms with E-state index in [4.69, 9.17) is 11.6 Å². The molecule has 1 amide bonds. The lowest BCUT2D eigenvalue weighted by molar-refractivity contribution is -0.123. The zero-order valence-corrected chi connectivity index (χ0v) is 13.0. The Morgan fingerprint density at radius 3 is 2.95 bits per heavy atom. The maximum atomic E-state index is 13.9. The van der Waals surface area contributed by atoms with Crippen LogP contribution in [0.3, 0.4) is 0 Å². The summed E-state index contributed by atoms with van der Waals surface area (Å²) in [5, 5.41) is 2.85. The number of hydrogen-bond donors (Lipinski definition) is 1. The van der Waals surface area contributed by atoms with Crippen molar-refractivity contribution in [3.05, 3.63) is 29.8 Å². The van der Waals surface area contributed by atoms with Crippen LogP contribution in [0.2, 0.25) is 0 Å². The monoisotopic (exact) mass is 311 g/mol. The van der Waals surface area contributed by atoms with Crippen LogP contribution in [0.1, 0.15) is 32.1 Å². The number of nitrogens with one attached hydrogen (secondary N) is 1. The molecule has 0 spiro atoms. The zero-order valence-electron chi connectivity index (χ0n) is 12.2. The van der Waals surface area contributed by atoms with Gasteiger partial charge in [-0.05, 0) is 25.5 Å². The molecule has 1 atom stereocenters. The summed E-state index contributed by atoms with van der Waals surface area (Å²) in [5.74, 6) is 0.512. The van der Waals surface area contributed by atoms with E-state index in [0.29, 0.717) is 30.2 Å². The van der Waals surface area contributed by atoms with E-state index in [9.17, 15) is 9.18 Å². The number of para-hydroxylation sites is 1. The van der Waals surface area contributed by atoms with Crippen LogP contribution >= 0.6 is 11.6 Å². The summed E-state index contributed by atoms with van der Waals surface area (Å²) in [6, 6.07) is 4.30. The number of alkyl halides is 1. The van der Waals surface area contributed by atoms with Crippen LogP contribution in [0.25, 0.3) is 11.0 Å². The number of nitrogens with zero attached hydrogens (tertiary/aromatic N) is 2. The van der Waals surface area contributed by atoms with E-state index in [1.54, 1.807) is 23.6 Å². The number of halogens is 2. The molecular formula is C15H19ClFN3O. The molecule has 1 N–H and O–H groups in total. The molecule has 1 unspecified atom stereocenters. The SMILES string of the molecule is CCCNC(=O)C(C)n1c(CCCl)nc2c(F)cccc21. The molecule has 0 aliphatic carbocycles. The predicted octanol–water partition coefficient (Wildman–Crippen LogP) is 3.04. The molecule has 1 aromatic heterocycles. The Balaban J connectivity index is 2.47. The number of rotatable bonds is 6. The van der Waals surface area contributed by atoms with Crippen molar-refractivity contribution in [3.8, 4) is 0 Å². The molecule has 1 aromatic carbocycles. The molecule has 2 rings (SSSR count). The average Bonchev–Trinajstić information content (AvgIpc) is 2.84. The second-order valence-electron chi connectivity index (χ2n) is 4.91. The largest absolute Gasteiger partial charge is 0.354 e. The molecule has 0 aliphatic heterocycles. The highest BCUT2D eigenvalue weighted by molar-refractivity contribution is 6.17. The first kappa shape index (κ1) is 15.8. The number of aromatic nitrogens is 2. The van der Waals surface area contributed by atoms with E-state index in [1.165, 1.54) is 6.07 Å². The number of carbonyl (C=O) groups is 1. The van der Waals surface area contributed by atoms with Gasteiger partial charge < -0.3 is 9.88 Å². The highest BCUT2D eigenvalue weighted by Gasteiger charge is 2.22. The lowest BCUT2D eigenvalue weighted by atomic mass is 10.2. The minimum absolute atomic E-state index is 0.101. The fourth-order valence-electron chi connectivity index (χ4n) is 2.34. The maximum Gasteiger partial charge on any atom is 0.242 e. The van der Waals surface area contributed by atoms with Crippen LogP contribution in [0.5, 0.6) is 0 Å². The van der Waals surface area contributed by atoms with Crippen LogP contribution in [0.4, 0.5) is 4.39 Å². The Kier molecular flexibility index (Phi) is 5.17. The molecule has 0 saturated carbocycles. The number of hydrogen-bond acceptors (Lipinski definition) is 2. The van der Waals surface area contributed by atoms with E-state index in [1.807, 2.05) is 6.92 Å². The van der Waals surface area contributed by atoms with Crippen molar-refractivity contribution in [2.75, 3.05) is 12.4 Å². The Bertz CT molecular complexity index is 641. The van der Waals surface area contributed by atoms with Crippen molar-refractivity contribution in [1.29, 1.82) is 0 Å². The quantitative estimate of drug-likeness (QED) is 0.834. The molecule has 4 nitrogen and oxygen atoms in total. The Hall–Kier alpha value is -1.62. The lowest BCUT2D eigenvalue weighted by Gasteiger charge is -2.17. The fraction of sp³-hybridized carbons (Fsp3) is 0.467. The first-order chi connectivity index (χ1) is 10.1. The number of fused-ring (bicyclic) bond motifs is 1. The first-order valence-electron chi connectivity index (χ1n) is 7.09. The second-order valence-corrected chi connectivity index (χ2v) is 5.29. The zero-order chi connectivity index (χ0) is 15.4. The minimum atomic E-state index is -0.457. The number of benzene rings is 1. The van der Waals surface area contributed by atoms with Crippen molar-refractivity contribution in [2.24, 2.45) is 0 Å². The molecule has 1 heterocycles. The van der Waals surface area contributed by atoms with Gasteiger partial charge >= 0.3 is 0 Å². The van der Waals surface area contributed by atoms with Gasteiger partial charge in [0, 0.05) is 18.8 Å². The highest BCUT2D eigenvalue weighted by Crippen LogP contribution is 2.24. The number of carbonyl (C=O) groups excluding carboxylic acids is 1. The standard InChI is InChI=1S/C15H19ClFN3O/c1-3-9-18-15(21)10(2)20-12-6-4-5-11(17)14(12)19-13(20)7-8-16/h4-6,10H,3,7-9H2,1-2H3,(H,18,21). The summed E-state index contributed by atoms with van der Waals surface area (Å²) in [4.78, 5) is 16.5. The first-order valence-corrected chi connectivity index (χ1v) is 7.62. The van der Waals surface area contributed by atoms with Gasteiger partial charge in [-0.1, -0.05) is 13.0 Å². The smallest absolute Gasteiger partial charge is 0.242 e. The van der Waals surface area contributed by atoms with Crippen molar-refractivity contribution in [3.63, 3.8) is 0 Å². The van der Waals surface area contributed by atoms with Crippen LogP contribution in [0.15, 0.2) is 18.2 Å². The Morgan fingerprint density at radius 1 is 1.52 bits per heavy atom. The van der Waals surface area contributed by atoms with Gasteiger partial charge in [-0.2, -0.15) is 0 Å². The minimum Gasteiger partial charge on any atom is -0.354 e. The summed E-state index contributed by atoms with van der Waals surface area (Å²) in [7, 11) is 0. The molecule has 21 heavy (non-hydrogen) atoms. The van der Waals surface area contributed by atoms with Crippen molar-refractivity contribution >= 4 is 28.5 Å². The molecular weight excluding hydrogens is 293 g/mol. The number of aryl methyl sites for hydroxylation is 1. The molecule has 2 aromatic rings. The second kappa shape index (κ2) is 6.89. The molecule has 0 bridgehead atoms. The fourth-order valence-corrected chi connectivity index (χ4v) is 2.51. The van der Waals surface area contributed by atoms with Gasteiger partial charge in [-0.25, -0.2) is 9.37 Å². The van der Waals surface area contributed by atoms with Gasteiger partial charge in [0.15, 0.2) is 5.82 Å². The maximum absolute atomic E-state index is 13.9. The third kappa shape index (κ3) is 3.18. The summed E-state index contributed by atoms with van der Waals surface area (Å²) in [5.41, 5.74) is 0.905. The summed E-state index contributed by atoms with van der Waals surface area (Å²) >= 11 is 5.80. The summed E-state index contributed by atoms with van der Waals surface area (Å²) in [6.07, 6.45) is 1.35. The van der Waals surface area contributed by atoms with E-state index < -0.39 is 6.04 Å². The van der Waals surface area contributed by atoms with E-state index in [0.717, 1.165) is 6.42 Å². The van der Waals surface area contributed by atoms with Gasteiger partial charge in [0.1, 0.15) is 17.4 Å².